The van der Waals surface area contributed by atoms with E-state index in [1.54, 1.807) is 7.11 Å². The molecule has 0 atom stereocenters. The van der Waals surface area contributed by atoms with Gasteiger partial charge in [-0.25, -0.2) is 4.79 Å². The normalized spacial score (nSPS) is 13.2. The van der Waals surface area contributed by atoms with Gasteiger partial charge in [-0.2, -0.15) is 0 Å². The number of carbonyl (C=O) groups is 1. The fourth-order valence-corrected chi connectivity index (χ4v) is 3.16. The van der Waals surface area contributed by atoms with Crippen LogP contribution < -0.4 is 15.4 Å². The number of nitrogens with one attached hydrogen (secondary N) is 2. The van der Waals surface area contributed by atoms with Crippen LogP contribution in [0.25, 0.3) is 10.9 Å². The average molecular weight is 329 g/mol. The molecule has 24 heavy (non-hydrogen) atoms. The molecule has 0 saturated carbocycles. The fourth-order valence-electron chi connectivity index (χ4n) is 3.16. The van der Waals surface area contributed by atoms with Crippen molar-refractivity contribution in [2.45, 2.75) is 25.7 Å². The number of aromatic nitrogens is 1. The molecule has 128 valence electrons. The van der Waals surface area contributed by atoms with Gasteiger partial charge in [0.15, 0.2) is 0 Å². The lowest BCUT2D eigenvalue weighted by atomic mass is 9.92. The highest BCUT2D eigenvalue weighted by Gasteiger charge is 2.18. The van der Waals surface area contributed by atoms with Gasteiger partial charge in [0.05, 0.1) is 19.7 Å². The largest absolute Gasteiger partial charge is 0.497 e. The summed E-state index contributed by atoms with van der Waals surface area (Å²) in [7, 11) is 3.03. The van der Waals surface area contributed by atoms with Crippen LogP contribution in [-0.2, 0) is 17.6 Å². The van der Waals surface area contributed by atoms with Crippen LogP contribution in [0.5, 0.6) is 5.75 Å². The third kappa shape index (κ3) is 3.37. The number of ether oxygens (including phenoxy) is 2. The monoisotopic (exact) mass is 329 g/mol. The zero-order chi connectivity index (χ0) is 16.9. The molecule has 0 fully saturated rings. The average Bonchev–Trinajstić information content (AvgIpc) is 2.63. The van der Waals surface area contributed by atoms with Crippen molar-refractivity contribution in [3.05, 3.63) is 29.5 Å². The number of amides is 1. The second-order valence-corrected chi connectivity index (χ2v) is 5.85. The van der Waals surface area contributed by atoms with E-state index in [1.165, 1.54) is 31.2 Å². The fraction of sp³-hybridized carbons (Fsp3) is 0.444. The minimum absolute atomic E-state index is 0.417. The third-order valence-electron chi connectivity index (χ3n) is 4.35. The quantitative estimate of drug-likeness (QED) is 0.825. The molecule has 0 aliphatic heterocycles. The van der Waals surface area contributed by atoms with Gasteiger partial charge in [-0.05, 0) is 49.4 Å². The lowest BCUT2D eigenvalue weighted by molar-refractivity contribution is 0.171. The maximum absolute atomic E-state index is 11.2. The topological polar surface area (TPSA) is 72.5 Å². The molecule has 0 unspecified atom stereocenters. The Bertz CT molecular complexity index is 746. The predicted octanol–water partition coefficient (Wildman–Crippen LogP) is 2.89. The molecule has 1 aliphatic rings. The Labute approximate surface area is 141 Å². The summed E-state index contributed by atoms with van der Waals surface area (Å²) in [6, 6.07) is 5.96. The second-order valence-electron chi connectivity index (χ2n) is 5.85. The van der Waals surface area contributed by atoms with Gasteiger partial charge >= 0.3 is 6.09 Å². The van der Waals surface area contributed by atoms with Crippen molar-refractivity contribution in [3.8, 4) is 5.75 Å². The summed E-state index contributed by atoms with van der Waals surface area (Å²) in [5.41, 5.74) is 4.56. The molecule has 0 radical (unpaired) electrons. The summed E-state index contributed by atoms with van der Waals surface area (Å²) in [6.07, 6.45) is 4.00. The molecule has 1 aromatic heterocycles. The Morgan fingerprint density at radius 2 is 2.04 bits per heavy atom. The van der Waals surface area contributed by atoms with Crippen molar-refractivity contribution in [1.29, 1.82) is 0 Å². The van der Waals surface area contributed by atoms with Crippen LogP contribution in [0.4, 0.5) is 10.5 Å². The Morgan fingerprint density at radius 3 is 2.83 bits per heavy atom. The van der Waals surface area contributed by atoms with Crippen molar-refractivity contribution in [1.82, 2.24) is 10.3 Å². The summed E-state index contributed by atoms with van der Waals surface area (Å²) >= 11 is 0. The van der Waals surface area contributed by atoms with Gasteiger partial charge in [0.1, 0.15) is 5.75 Å². The van der Waals surface area contributed by atoms with Crippen LogP contribution in [0.1, 0.15) is 24.1 Å². The van der Waals surface area contributed by atoms with Crippen LogP contribution in [0.2, 0.25) is 0 Å². The van der Waals surface area contributed by atoms with E-state index in [2.05, 4.69) is 15.4 Å². The smallest absolute Gasteiger partial charge is 0.406 e. The van der Waals surface area contributed by atoms with Crippen LogP contribution >= 0.6 is 0 Å². The molecule has 6 heteroatoms. The zero-order valence-electron chi connectivity index (χ0n) is 14.1. The number of rotatable bonds is 5. The predicted molar refractivity (Wildman–Crippen MR) is 93.8 cm³/mol. The summed E-state index contributed by atoms with van der Waals surface area (Å²) in [6.45, 7) is 1.12. The van der Waals surface area contributed by atoms with E-state index in [1.807, 2.05) is 18.2 Å². The van der Waals surface area contributed by atoms with Crippen LogP contribution in [0, 0.1) is 0 Å². The SMILES string of the molecule is COC(=O)NCCNc1c2c(nc3ccc(OC)cc13)CCCC2. The molecule has 3 rings (SSSR count). The second kappa shape index (κ2) is 7.38. The number of aryl methyl sites for hydroxylation is 1. The Balaban J connectivity index is 1.91. The van der Waals surface area contributed by atoms with E-state index in [-0.39, 0.29) is 0 Å². The number of hydrogen-bond acceptors (Lipinski definition) is 5. The molecule has 6 nitrogen and oxygen atoms in total. The van der Waals surface area contributed by atoms with E-state index in [9.17, 15) is 4.79 Å². The number of nitrogens with zero attached hydrogens (tertiary/aromatic N) is 1. The van der Waals surface area contributed by atoms with Gasteiger partial charge in [0.2, 0.25) is 0 Å². The molecule has 0 saturated heterocycles. The molecule has 2 aromatic rings. The van der Waals surface area contributed by atoms with E-state index in [4.69, 9.17) is 9.72 Å². The molecule has 1 aliphatic carbocycles. The first-order valence-corrected chi connectivity index (χ1v) is 8.28. The van der Waals surface area contributed by atoms with Crippen molar-refractivity contribution in [3.63, 3.8) is 0 Å². The lowest BCUT2D eigenvalue weighted by Gasteiger charge is -2.22. The Hall–Kier alpha value is -2.50. The number of benzene rings is 1. The number of hydrogen-bond donors (Lipinski definition) is 2. The van der Waals surface area contributed by atoms with Gasteiger partial charge in [-0.1, -0.05) is 0 Å². The highest BCUT2D eigenvalue weighted by molar-refractivity contribution is 5.94. The molecule has 1 aromatic carbocycles. The number of alkyl carbamates (subject to hydrolysis) is 1. The summed E-state index contributed by atoms with van der Waals surface area (Å²) in [4.78, 5) is 16.0. The van der Waals surface area contributed by atoms with Crippen LogP contribution in [-0.4, -0.2) is 38.4 Å². The summed E-state index contributed by atoms with van der Waals surface area (Å²) < 4.78 is 9.95. The van der Waals surface area contributed by atoms with Gasteiger partial charge in [-0.3, -0.25) is 4.98 Å². The van der Waals surface area contributed by atoms with Crippen molar-refractivity contribution >= 4 is 22.7 Å². The Kier molecular flexibility index (Phi) is 5.03. The number of anilines is 1. The number of carbonyl (C=O) groups excluding carboxylic acids is 1. The molecule has 2 N–H and O–H groups in total. The molecule has 0 bridgehead atoms. The highest BCUT2D eigenvalue weighted by atomic mass is 16.5. The molecular formula is C18H23N3O3. The Morgan fingerprint density at radius 1 is 1.21 bits per heavy atom. The van der Waals surface area contributed by atoms with E-state index >= 15 is 0 Å². The maximum atomic E-state index is 11.2. The van der Waals surface area contributed by atoms with Gasteiger partial charge in [0, 0.05) is 29.9 Å². The lowest BCUT2D eigenvalue weighted by Crippen LogP contribution is -2.28. The van der Waals surface area contributed by atoms with E-state index in [0.29, 0.717) is 13.1 Å². The molecule has 1 heterocycles. The van der Waals surface area contributed by atoms with Crippen LogP contribution in [0.15, 0.2) is 18.2 Å². The summed E-state index contributed by atoms with van der Waals surface area (Å²) in [5.74, 6) is 0.816. The van der Waals surface area contributed by atoms with Crippen molar-refractivity contribution < 1.29 is 14.3 Å². The first-order valence-electron chi connectivity index (χ1n) is 8.28. The standard InChI is InChI=1S/C18H23N3O3/c1-23-12-7-8-16-14(11-12)17(19-9-10-20-18(22)24-2)13-5-3-4-6-15(13)21-16/h7-8,11H,3-6,9-10H2,1-2H3,(H,19,21)(H,20,22). The first-order chi connectivity index (χ1) is 11.7. The molecule has 0 spiro atoms. The molecular weight excluding hydrogens is 306 g/mol. The van der Waals surface area contributed by atoms with E-state index < -0.39 is 6.09 Å². The van der Waals surface area contributed by atoms with Crippen molar-refractivity contribution in [2.24, 2.45) is 0 Å². The number of methoxy groups -OCH3 is 2. The zero-order valence-corrected chi connectivity index (χ0v) is 14.1. The number of pyridine rings is 1. The highest BCUT2D eigenvalue weighted by Crippen LogP contribution is 2.34. The minimum Gasteiger partial charge on any atom is -0.497 e. The number of fused-ring (bicyclic) bond motifs is 2. The summed E-state index contributed by atoms with van der Waals surface area (Å²) in [5, 5.41) is 7.23. The first kappa shape index (κ1) is 16.4. The molecule has 1 amide bonds. The minimum atomic E-state index is -0.417. The third-order valence-corrected chi connectivity index (χ3v) is 4.35. The maximum Gasteiger partial charge on any atom is 0.406 e. The van der Waals surface area contributed by atoms with Gasteiger partial charge < -0.3 is 20.1 Å². The van der Waals surface area contributed by atoms with E-state index in [0.717, 1.165) is 35.2 Å². The van der Waals surface area contributed by atoms with Crippen LogP contribution in [0.3, 0.4) is 0 Å². The van der Waals surface area contributed by atoms with Gasteiger partial charge in [0.25, 0.3) is 0 Å². The van der Waals surface area contributed by atoms with Crippen molar-refractivity contribution in [2.75, 3.05) is 32.6 Å². The van der Waals surface area contributed by atoms with Gasteiger partial charge in [-0.15, -0.1) is 0 Å².